The summed E-state index contributed by atoms with van der Waals surface area (Å²) >= 11 is 3.42. The largest absolute Gasteiger partial charge is 0.392 e. The highest BCUT2D eigenvalue weighted by Gasteiger charge is 2.10. The third kappa shape index (κ3) is 2.50. The van der Waals surface area contributed by atoms with Gasteiger partial charge in [-0.25, -0.2) is 9.97 Å². The van der Waals surface area contributed by atoms with Crippen molar-refractivity contribution in [3.63, 3.8) is 0 Å². The molecule has 4 nitrogen and oxygen atoms in total. The van der Waals surface area contributed by atoms with E-state index in [1.807, 2.05) is 19.1 Å². The number of aliphatic hydroxyl groups is 1. The maximum Gasteiger partial charge on any atom is 0.179 e. The molecule has 17 heavy (non-hydrogen) atoms. The van der Waals surface area contributed by atoms with E-state index in [1.54, 1.807) is 12.4 Å². The second-order valence-electron chi connectivity index (χ2n) is 3.51. The molecule has 2 aromatic rings. The Labute approximate surface area is 108 Å². The summed E-state index contributed by atoms with van der Waals surface area (Å²) in [5.74, 6) is 0.575. The van der Waals surface area contributed by atoms with Gasteiger partial charge in [-0.15, -0.1) is 0 Å². The zero-order valence-electron chi connectivity index (χ0n) is 9.39. The minimum absolute atomic E-state index is 0.0349. The van der Waals surface area contributed by atoms with Crippen LogP contribution in [0.15, 0.2) is 29.0 Å². The van der Waals surface area contributed by atoms with Gasteiger partial charge in [-0.3, -0.25) is 4.98 Å². The average Bonchev–Trinajstić information content (AvgIpc) is 2.38. The van der Waals surface area contributed by atoms with Gasteiger partial charge in [-0.05, 0) is 34.5 Å². The summed E-state index contributed by atoms with van der Waals surface area (Å²) in [6, 6.07) is 3.74. The summed E-state index contributed by atoms with van der Waals surface area (Å²) in [5.41, 5.74) is 2.34. The summed E-state index contributed by atoms with van der Waals surface area (Å²) in [6.07, 6.45) is 4.12. The maximum absolute atomic E-state index is 9.16. The second kappa shape index (κ2) is 5.33. The monoisotopic (exact) mass is 293 g/mol. The molecule has 2 aromatic heterocycles. The molecule has 0 saturated carbocycles. The standard InChI is InChI=1S/C12H12BrN3O/c1-2-10-8(7-17)6-15-12(16-10)11-9(13)4-3-5-14-11/h3-6,17H,2,7H2,1H3. The van der Waals surface area contributed by atoms with Gasteiger partial charge in [-0.2, -0.15) is 0 Å². The van der Waals surface area contributed by atoms with Crippen molar-refractivity contribution in [2.75, 3.05) is 0 Å². The lowest BCUT2D eigenvalue weighted by Crippen LogP contribution is -2.02. The maximum atomic E-state index is 9.16. The van der Waals surface area contributed by atoms with E-state index in [4.69, 9.17) is 5.11 Å². The van der Waals surface area contributed by atoms with Crippen molar-refractivity contribution in [3.05, 3.63) is 40.3 Å². The molecule has 2 heterocycles. The van der Waals surface area contributed by atoms with Crippen LogP contribution in [0.25, 0.3) is 11.5 Å². The van der Waals surface area contributed by atoms with Gasteiger partial charge in [0.1, 0.15) is 5.69 Å². The highest BCUT2D eigenvalue weighted by atomic mass is 79.9. The van der Waals surface area contributed by atoms with Crippen molar-refractivity contribution in [2.24, 2.45) is 0 Å². The second-order valence-corrected chi connectivity index (χ2v) is 4.37. The van der Waals surface area contributed by atoms with Crippen LogP contribution in [0.5, 0.6) is 0 Å². The molecule has 0 fully saturated rings. The molecule has 1 N–H and O–H groups in total. The van der Waals surface area contributed by atoms with E-state index in [9.17, 15) is 0 Å². The fourth-order valence-electron chi connectivity index (χ4n) is 1.54. The Morgan fingerprint density at radius 3 is 2.82 bits per heavy atom. The molecule has 5 heteroatoms. The molecule has 0 spiro atoms. The van der Waals surface area contributed by atoms with E-state index >= 15 is 0 Å². The highest BCUT2D eigenvalue weighted by Crippen LogP contribution is 2.23. The quantitative estimate of drug-likeness (QED) is 0.944. The number of aryl methyl sites for hydroxylation is 1. The normalized spacial score (nSPS) is 10.5. The summed E-state index contributed by atoms with van der Waals surface area (Å²) in [4.78, 5) is 12.9. The van der Waals surface area contributed by atoms with Gasteiger partial charge in [0.2, 0.25) is 0 Å². The third-order valence-electron chi connectivity index (χ3n) is 2.43. The van der Waals surface area contributed by atoms with Crippen LogP contribution in [0.2, 0.25) is 0 Å². The van der Waals surface area contributed by atoms with Gasteiger partial charge in [0.25, 0.3) is 0 Å². The van der Waals surface area contributed by atoms with Crippen LogP contribution < -0.4 is 0 Å². The Morgan fingerprint density at radius 2 is 2.18 bits per heavy atom. The molecule has 0 aromatic carbocycles. The molecule has 0 atom stereocenters. The SMILES string of the molecule is CCc1nc(-c2ncccc2Br)ncc1CO. The first kappa shape index (κ1) is 12.1. The van der Waals surface area contributed by atoms with Crippen molar-refractivity contribution in [3.8, 4) is 11.5 Å². The fraction of sp³-hybridized carbons (Fsp3) is 0.250. The van der Waals surface area contributed by atoms with Crippen LogP contribution in [0.4, 0.5) is 0 Å². The fourth-order valence-corrected chi connectivity index (χ4v) is 1.98. The Hall–Kier alpha value is -1.33. The molecule has 88 valence electrons. The molecule has 0 aliphatic carbocycles. The molecule has 0 unspecified atom stereocenters. The molecule has 0 bridgehead atoms. The predicted molar refractivity (Wildman–Crippen MR) is 68.3 cm³/mol. The zero-order chi connectivity index (χ0) is 12.3. The molecule has 2 rings (SSSR count). The van der Waals surface area contributed by atoms with E-state index in [-0.39, 0.29) is 6.61 Å². The first-order valence-corrected chi connectivity index (χ1v) is 6.12. The average molecular weight is 294 g/mol. The van der Waals surface area contributed by atoms with Crippen LogP contribution in [-0.2, 0) is 13.0 Å². The predicted octanol–water partition coefficient (Wildman–Crippen LogP) is 2.36. The lowest BCUT2D eigenvalue weighted by molar-refractivity contribution is 0.279. The van der Waals surface area contributed by atoms with Crippen LogP contribution in [0.3, 0.4) is 0 Å². The summed E-state index contributed by atoms with van der Waals surface area (Å²) in [5, 5.41) is 9.16. The van der Waals surface area contributed by atoms with E-state index < -0.39 is 0 Å². The Balaban J connectivity index is 2.50. The molecule has 0 saturated heterocycles. The minimum Gasteiger partial charge on any atom is -0.392 e. The lowest BCUT2D eigenvalue weighted by Gasteiger charge is -2.07. The van der Waals surface area contributed by atoms with Crippen molar-refractivity contribution in [2.45, 2.75) is 20.0 Å². The summed E-state index contributed by atoms with van der Waals surface area (Å²) < 4.78 is 0.860. The van der Waals surface area contributed by atoms with Gasteiger partial charge in [0.15, 0.2) is 5.82 Å². The van der Waals surface area contributed by atoms with Crippen LogP contribution in [-0.4, -0.2) is 20.1 Å². The molecule has 0 aliphatic rings. The van der Waals surface area contributed by atoms with Crippen LogP contribution in [0, 0.1) is 0 Å². The highest BCUT2D eigenvalue weighted by molar-refractivity contribution is 9.10. The van der Waals surface area contributed by atoms with Gasteiger partial charge in [0, 0.05) is 28.1 Å². The van der Waals surface area contributed by atoms with E-state index in [2.05, 4.69) is 30.9 Å². The molecule has 0 aliphatic heterocycles. The molecule has 0 radical (unpaired) electrons. The van der Waals surface area contributed by atoms with Gasteiger partial charge in [-0.1, -0.05) is 6.92 Å². The first-order chi connectivity index (χ1) is 8.26. The van der Waals surface area contributed by atoms with Crippen LogP contribution in [0.1, 0.15) is 18.2 Å². The Kier molecular flexibility index (Phi) is 3.81. The molecular weight excluding hydrogens is 282 g/mol. The van der Waals surface area contributed by atoms with Crippen LogP contribution >= 0.6 is 15.9 Å². The summed E-state index contributed by atoms with van der Waals surface area (Å²) in [7, 11) is 0. The number of hydrogen-bond donors (Lipinski definition) is 1. The van der Waals surface area contributed by atoms with Gasteiger partial charge in [0.05, 0.1) is 6.61 Å². The number of aromatic nitrogens is 3. The van der Waals surface area contributed by atoms with Crippen molar-refractivity contribution < 1.29 is 5.11 Å². The topological polar surface area (TPSA) is 58.9 Å². The minimum atomic E-state index is -0.0349. The van der Waals surface area contributed by atoms with E-state index in [1.165, 1.54) is 0 Å². The number of pyridine rings is 1. The number of rotatable bonds is 3. The lowest BCUT2D eigenvalue weighted by atomic mass is 10.2. The number of aliphatic hydroxyl groups excluding tert-OH is 1. The first-order valence-electron chi connectivity index (χ1n) is 5.32. The van der Waals surface area contributed by atoms with Crippen molar-refractivity contribution >= 4 is 15.9 Å². The summed E-state index contributed by atoms with van der Waals surface area (Å²) in [6.45, 7) is 1.96. The van der Waals surface area contributed by atoms with Crippen molar-refractivity contribution in [1.29, 1.82) is 0 Å². The Morgan fingerprint density at radius 1 is 1.35 bits per heavy atom. The Bertz CT molecular complexity index is 531. The number of halogens is 1. The van der Waals surface area contributed by atoms with E-state index in [0.29, 0.717) is 11.5 Å². The molecule has 0 amide bonds. The third-order valence-corrected chi connectivity index (χ3v) is 3.07. The smallest absolute Gasteiger partial charge is 0.179 e. The number of nitrogens with zero attached hydrogens (tertiary/aromatic N) is 3. The molecular formula is C12H12BrN3O. The van der Waals surface area contributed by atoms with E-state index in [0.717, 1.165) is 22.2 Å². The van der Waals surface area contributed by atoms with Crippen molar-refractivity contribution in [1.82, 2.24) is 15.0 Å². The van der Waals surface area contributed by atoms with Gasteiger partial charge < -0.3 is 5.11 Å². The zero-order valence-corrected chi connectivity index (χ0v) is 11.0. The number of hydrogen-bond acceptors (Lipinski definition) is 4. The van der Waals surface area contributed by atoms with Gasteiger partial charge >= 0.3 is 0 Å².